The van der Waals surface area contributed by atoms with Crippen LogP contribution < -0.4 is 9.62 Å². The fourth-order valence-corrected chi connectivity index (χ4v) is 4.94. The van der Waals surface area contributed by atoms with Crippen molar-refractivity contribution in [3.05, 3.63) is 63.7 Å². The van der Waals surface area contributed by atoms with Crippen LogP contribution in [0.2, 0.25) is 5.02 Å². The summed E-state index contributed by atoms with van der Waals surface area (Å²) in [6, 6.07) is 11.1. The summed E-state index contributed by atoms with van der Waals surface area (Å²) in [5.74, 6) is -0.352. The lowest BCUT2D eigenvalue weighted by molar-refractivity contribution is -0.120. The summed E-state index contributed by atoms with van der Waals surface area (Å²) in [5, 5.41) is 3.45. The quantitative estimate of drug-likeness (QED) is 0.741. The van der Waals surface area contributed by atoms with E-state index in [4.69, 9.17) is 11.6 Å². The van der Waals surface area contributed by atoms with Crippen molar-refractivity contribution in [2.75, 3.05) is 17.1 Å². The number of amides is 1. The van der Waals surface area contributed by atoms with Crippen LogP contribution >= 0.6 is 11.6 Å². The standard InChI is InChI=1S/C22H27ClN2O3S/c1-15-12-20(23)10-11-21(15)25(29(3,27)28)14-22(26)24-16(2)18-9-8-17-6-4-5-7-19(17)13-18/h8-13,16H,4-7,14H2,1-3H3,(H,24,26)/t16-/m0/s1. The van der Waals surface area contributed by atoms with E-state index in [1.165, 1.54) is 24.0 Å². The molecular formula is C22H27ClN2O3S. The highest BCUT2D eigenvalue weighted by Gasteiger charge is 2.23. The van der Waals surface area contributed by atoms with E-state index in [0.29, 0.717) is 16.3 Å². The van der Waals surface area contributed by atoms with Gasteiger partial charge in [0.25, 0.3) is 0 Å². The van der Waals surface area contributed by atoms with Crippen LogP contribution in [0, 0.1) is 6.92 Å². The van der Waals surface area contributed by atoms with Gasteiger partial charge in [-0.05, 0) is 80.0 Å². The second-order valence-corrected chi connectivity index (χ2v) is 10.1. The molecule has 156 valence electrons. The molecule has 3 rings (SSSR count). The number of anilines is 1. The van der Waals surface area contributed by atoms with E-state index in [1.807, 2.05) is 13.0 Å². The number of benzene rings is 2. The van der Waals surface area contributed by atoms with Crippen LogP contribution in [-0.2, 0) is 27.7 Å². The van der Waals surface area contributed by atoms with Crippen molar-refractivity contribution in [3.63, 3.8) is 0 Å². The van der Waals surface area contributed by atoms with E-state index in [2.05, 4.69) is 17.4 Å². The van der Waals surface area contributed by atoms with E-state index in [0.717, 1.165) is 29.0 Å². The third kappa shape index (κ3) is 5.31. The zero-order chi connectivity index (χ0) is 21.2. The Bertz CT molecular complexity index is 1020. The number of nitrogens with one attached hydrogen (secondary N) is 1. The van der Waals surface area contributed by atoms with Crippen molar-refractivity contribution in [2.24, 2.45) is 0 Å². The van der Waals surface area contributed by atoms with Crippen LogP contribution in [0.25, 0.3) is 0 Å². The molecule has 1 aliphatic rings. The lowest BCUT2D eigenvalue weighted by Gasteiger charge is -2.25. The highest BCUT2D eigenvalue weighted by molar-refractivity contribution is 7.92. The van der Waals surface area contributed by atoms with Gasteiger partial charge < -0.3 is 5.32 Å². The fraction of sp³-hybridized carbons (Fsp3) is 0.409. The lowest BCUT2D eigenvalue weighted by atomic mass is 9.89. The molecule has 0 saturated carbocycles. The van der Waals surface area contributed by atoms with Gasteiger partial charge in [-0.15, -0.1) is 0 Å². The summed E-state index contributed by atoms with van der Waals surface area (Å²) in [6.45, 7) is 3.41. The number of fused-ring (bicyclic) bond motifs is 1. The van der Waals surface area contributed by atoms with Crippen LogP contribution in [0.5, 0.6) is 0 Å². The molecule has 1 N–H and O–H groups in total. The number of hydrogen-bond donors (Lipinski definition) is 1. The molecule has 0 aromatic heterocycles. The van der Waals surface area contributed by atoms with Crippen LogP contribution in [0.15, 0.2) is 36.4 Å². The Hall–Kier alpha value is -2.05. The lowest BCUT2D eigenvalue weighted by Crippen LogP contribution is -2.41. The first-order valence-corrected chi connectivity index (χ1v) is 12.0. The van der Waals surface area contributed by atoms with E-state index in [-0.39, 0.29) is 18.5 Å². The van der Waals surface area contributed by atoms with Gasteiger partial charge in [-0.25, -0.2) is 8.42 Å². The van der Waals surface area contributed by atoms with Gasteiger partial charge in [0.2, 0.25) is 15.9 Å². The maximum absolute atomic E-state index is 12.7. The molecule has 2 aromatic carbocycles. The Balaban J connectivity index is 1.75. The molecular weight excluding hydrogens is 408 g/mol. The Morgan fingerprint density at radius 2 is 1.83 bits per heavy atom. The summed E-state index contributed by atoms with van der Waals surface area (Å²) >= 11 is 5.98. The fourth-order valence-electron chi connectivity index (χ4n) is 3.80. The van der Waals surface area contributed by atoms with Crippen molar-refractivity contribution in [1.29, 1.82) is 0 Å². The highest BCUT2D eigenvalue weighted by atomic mass is 35.5. The number of sulfonamides is 1. The van der Waals surface area contributed by atoms with E-state index < -0.39 is 10.0 Å². The Morgan fingerprint density at radius 3 is 2.48 bits per heavy atom. The molecule has 0 saturated heterocycles. The molecule has 1 atom stereocenters. The molecule has 1 aliphatic carbocycles. The predicted molar refractivity (Wildman–Crippen MR) is 118 cm³/mol. The van der Waals surface area contributed by atoms with Crippen LogP contribution in [0.1, 0.15) is 48.1 Å². The topological polar surface area (TPSA) is 66.5 Å². The van der Waals surface area contributed by atoms with Gasteiger partial charge in [0, 0.05) is 5.02 Å². The number of carbonyl (C=O) groups excluding carboxylic acids is 1. The molecule has 0 heterocycles. The molecule has 0 spiro atoms. The van der Waals surface area contributed by atoms with Crippen LogP contribution in [-0.4, -0.2) is 27.1 Å². The van der Waals surface area contributed by atoms with Gasteiger partial charge in [0.1, 0.15) is 6.54 Å². The second-order valence-electron chi connectivity index (χ2n) is 7.72. The van der Waals surface area contributed by atoms with Gasteiger partial charge in [0.15, 0.2) is 0 Å². The molecule has 0 unspecified atom stereocenters. The van der Waals surface area contributed by atoms with E-state index in [9.17, 15) is 13.2 Å². The summed E-state index contributed by atoms with van der Waals surface area (Å²) in [6.07, 6.45) is 5.70. The highest BCUT2D eigenvalue weighted by Crippen LogP contribution is 2.27. The smallest absolute Gasteiger partial charge is 0.241 e. The molecule has 2 aromatic rings. The monoisotopic (exact) mass is 434 g/mol. The zero-order valence-corrected chi connectivity index (χ0v) is 18.6. The average molecular weight is 435 g/mol. The van der Waals surface area contributed by atoms with Crippen LogP contribution in [0.4, 0.5) is 5.69 Å². The van der Waals surface area contributed by atoms with Crippen molar-refractivity contribution >= 4 is 33.2 Å². The first-order chi connectivity index (χ1) is 13.6. The minimum atomic E-state index is -3.63. The summed E-state index contributed by atoms with van der Waals surface area (Å²) < 4.78 is 25.8. The number of aryl methyl sites for hydroxylation is 3. The second kappa shape index (κ2) is 8.76. The molecule has 0 aliphatic heterocycles. The maximum Gasteiger partial charge on any atom is 0.241 e. The average Bonchev–Trinajstić information content (AvgIpc) is 2.65. The number of carbonyl (C=O) groups is 1. The number of rotatable bonds is 6. The minimum Gasteiger partial charge on any atom is -0.348 e. The van der Waals surface area contributed by atoms with Gasteiger partial charge in [-0.3, -0.25) is 9.10 Å². The van der Waals surface area contributed by atoms with Gasteiger partial charge in [-0.2, -0.15) is 0 Å². The Kier molecular flexibility index (Phi) is 6.54. The van der Waals surface area contributed by atoms with Crippen molar-refractivity contribution in [1.82, 2.24) is 5.32 Å². The summed E-state index contributed by atoms with van der Waals surface area (Å²) in [5.41, 5.74) is 4.92. The largest absolute Gasteiger partial charge is 0.348 e. The number of nitrogens with zero attached hydrogens (tertiary/aromatic N) is 1. The van der Waals surface area contributed by atoms with E-state index >= 15 is 0 Å². The third-order valence-electron chi connectivity index (χ3n) is 5.37. The zero-order valence-electron chi connectivity index (χ0n) is 17.0. The summed E-state index contributed by atoms with van der Waals surface area (Å²) in [4.78, 5) is 12.7. The minimum absolute atomic E-state index is 0.206. The Labute approximate surface area is 178 Å². The SMILES string of the molecule is Cc1cc(Cl)ccc1N(CC(=O)N[C@@H](C)c1ccc2c(c1)CCCC2)S(C)(=O)=O. The molecule has 1 amide bonds. The molecule has 0 radical (unpaired) electrons. The van der Waals surface area contributed by atoms with Crippen molar-refractivity contribution in [2.45, 2.75) is 45.6 Å². The van der Waals surface area contributed by atoms with Gasteiger partial charge >= 0.3 is 0 Å². The third-order valence-corrected chi connectivity index (χ3v) is 6.73. The number of halogens is 1. The van der Waals surface area contributed by atoms with Crippen molar-refractivity contribution < 1.29 is 13.2 Å². The molecule has 0 fully saturated rings. The summed E-state index contributed by atoms with van der Waals surface area (Å²) in [7, 11) is -3.63. The molecule has 29 heavy (non-hydrogen) atoms. The normalized spacial score (nSPS) is 14.8. The van der Waals surface area contributed by atoms with Crippen LogP contribution in [0.3, 0.4) is 0 Å². The molecule has 7 heteroatoms. The number of hydrogen-bond acceptors (Lipinski definition) is 3. The first-order valence-electron chi connectivity index (χ1n) is 9.80. The van der Waals surface area contributed by atoms with Crippen molar-refractivity contribution in [3.8, 4) is 0 Å². The van der Waals surface area contributed by atoms with Gasteiger partial charge in [0.05, 0.1) is 18.0 Å². The maximum atomic E-state index is 12.7. The van der Waals surface area contributed by atoms with E-state index in [1.54, 1.807) is 25.1 Å². The predicted octanol–water partition coefficient (Wildman–Crippen LogP) is 4.17. The Morgan fingerprint density at radius 1 is 1.14 bits per heavy atom. The molecule has 5 nitrogen and oxygen atoms in total. The first kappa shape index (κ1) is 21.7. The van der Waals surface area contributed by atoms with Gasteiger partial charge in [-0.1, -0.05) is 29.8 Å². The molecule has 0 bridgehead atoms.